The first-order chi connectivity index (χ1) is 3.81. The molecule has 0 aromatic carbocycles. The van der Waals surface area contributed by atoms with E-state index in [9.17, 15) is 0 Å². The van der Waals surface area contributed by atoms with Crippen LogP contribution in [0, 0.1) is 0 Å². The predicted octanol–water partition coefficient (Wildman–Crippen LogP) is 2.19. The molecule has 0 N–H and O–H groups in total. The lowest BCUT2D eigenvalue weighted by molar-refractivity contribution is 1.54. The second-order valence-electron chi connectivity index (χ2n) is 1.29. The van der Waals surface area contributed by atoms with E-state index in [0.29, 0.717) is 0 Å². The van der Waals surface area contributed by atoms with Crippen molar-refractivity contribution in [1.82, 2.24) is 0 Å². The van der Waals surface area contributed by atoms with Crippen molar-refractivity contribution in [1.29, 1.82) is 0 Å². The summed E-state index contributed by atoms with van der Waals surface area (Å²) in [5.74, 6) is 0. The van der Waals surface area contributed by atoms with Gasteiger partial charge in [0.25, 0.3) is 0 Å². The van der Waals surface area contributed by atoms with Crippen LogP contribution < -0.4 is 0 Å². The third kappa shape index (κ3) is 4.05. The van der Waals surface area contributed by atoms with Gasteiger partial charge >= 0.3 is 0 Å². The van der Waals surface area contributed by atoms with Crippen molar-refractivity contribution in [3.63, 3.8) is 0 Å². The molecule has 1 nitrogen and oxygen atoms in total. The maximum atomic E-state index is 3.73. The van der Waals surface area contributed by atoms with Gasteiger partial charge in [-0.25, -0.2) is 0 Å². The largest absolute Gasteiger partial charge is 0.273 e. The van der Waals surface area contributed by atoms with Crippen molar-refractivity contribution >= 4 is 29.3 Å². The molecular weight excluding hydrogens is 213 g/mol. The highest BCUT2D eigenvalue weighted by atomic mass is 127. The van der Waals surface area contributed by atoms with E-state index in [1.165, 1.54) is 0 Å². The van der Waals surface area contributed by atoms with Gasteiger partial charge in [0.05, 0.1) is 0 Å². The molecule has 0 atom stereocenters. The van der Waals surface area contributed by atoms with Crippen molar-refractivity contribution in [2.24, 2.45) is 4.99 Å². The molecule has 0 saturated carbocycles. The molecule has 0 aliphatic heterocycles. The standard InChI is InChI=1S/C6H8IN/c1-6(5-7)3-4-8-2/h3-4H,1-2,5H2/b4-3-. The van der Waals surface area contributed by atoms with Crippen molar-refractivity contribution in [2.75, 3.05) is 4.43 Å². The fraction of sp³-hybridized carbons (Fsp3) is 0.167. The van der Waals surface area contributed by atoms with Crippen LogP contribution in [0.1, 0.15) is 0 Å². The predicted molar refractivity (Wildman–Crippen MR) is 46.7 cm³/mol. The highest BCUT2D eigenvalue weighted by Gasteiger charge is 1.78. The monoisotopic (exact) mass is 221 g/mol. The molecule has 0 amide bonds. The van der Waals surface area contributed by atoms with E-state index in [0.717, 1.165) is 10.0 Å². The zero-order valence-corrected chi connectivity index (χ0v) is 6.76. The lowest BCUT2D eigenvalue weighted by atomic mass is 10.3. The summed E-state index contributed by atoms with van der Waals surface area (Å²) in [7, 11) is 0. The number of hydrogen-bond acceptors (Lipinski definition) is 1. The van der Waals surface area contributed by atoms with Crippen LogP contribution in [0.2, 0.25) is 0 Å². The fourth-order valence-corrected chi connectivity index (χ4v) is 0.457. The number of alkyl halides is 1. The zero-order chi connectivity index (χ0) is 6.41. The van der Waals surface area contributed by atoms with E-state index in [1.807, 2.05) is 6.08 Å². The molecule has 0 aliphatic rings. The summed E-state index contributed by atoms with van der Waals surface area (Å²) in [6.07, 6.45) is 3.49. The van der Waals surface area contributed by atoms with Gasteiger partial charge in [0.1, 0.15) is 0 Å². The number of nitrogens with zero attached hydrogens (tertiary/aromatic N) is 1. The van der Waals surface area contributed by atoms with E-state index < -0.39 is 0 Å². The molecular formula is C6H8IN. The Morgan fingerprint density at radius 2 is 2.38 bits per heavy atom. The van der Waals surface area contributed by atoms with Gasteiger partial charge in [-0.05, 0) is 18.4 Å². The summed E-state index contributed by atoms with van der Waals surface area (Å²) in [4.78, 5) is 3.53. The van der Waals surface area contributed by atoms with Crippen LogP contribution in [-0.4, -0.2) is 11.1 Å². The minimum Gasteiger partial charge on any atom is -0.273 e. The SMILES string of the molecule is C=N/C=C\C(=C)CI. The molecule has 0 radical (unpaired) electrons. The highest BCUT2D eigenvalue weighted by Crippen LogP contribution is 1.97. The third-order valence-electron chi connectivity index (χ3n) is 0.587. The van der Waals surface area contributed by atoms with Gasteiger partial charge < -0.3 is 0 Å². The van der Waals surface area contributed by atoms with Gasteiger partial charge in [0.2, 0.25) is 0 Å². The number of halogens is 1. The Labute approximate surface area is 63.3 Å². The van der Waals surface area contributed by atoms with Gasteiger partial charge in [0, 0.05) is 10.6 Å². The summed E-state index contributed by atoms with van der Waals surface area (Å²) < 4.78 is 0.948. The van der Waals surface area contributed by atoms with Crippen LogP contribution in [0.5, 0.6) is 0 Å². The Morgan fingerprint density at radius 3 is 2.75 bits per heavy atom. The number of allylic oxidation sites excluding steroid dienone is 2. The van der Waals surface area contributed by atoms with Crippen LogP contribution in [0.3, 0.4) is 0 Å². The first-order valence-corrected chi connectivity index (χ1v) is 3.70. The van der Waals surface area contributed by atoms with Gasteiger partial charge in [-0.15, -0.1) is 0 Å². The zero-order valence-electron chi connectivity index (χ0n) is 4.60. The average Bonchev–Trinajstić information content (AvgIpc) is 1.83. The first kappa shape index (κ1) is 7.88. The van der Waals surface area contributed by atoms with Crippen LogP contribution in [0.15, 0.2) is 29.4 Å². The molecule has 0 saturated heterocycles. The van der Waals surface area contributed by atoms with Crippen molar-refractivity contribution in [3.05, 3.63) is 24.4 Å². The first-order valence-electron chi connectivity index (χ1n) is 2.17. The van der Waals surface area contributed by atoms with Gasteiger partial charge in [-0.1, -0.05) is 29.2 Å². The molecule has 8 heavy (non-hydrogen) atoms. The van der Waals surface area contributed by atoms with Gasteiger partial charge in [0.15, 0.2) is 0 Å². The van der Waals surface area contributed by atoms with Crippen LogP contribution >= 0.6 is 22.6 Å². The smallest absolute Gasteiger partial charge is 0.0263 e. The van der Waals surface area contributed by atoms with E-state index in [-0.39, 0.29) is 0 Å². The number of hydrogen-bond donors (Lipinski definition) is 0. The second kappa shape index (κ2) is 5.03. The molecule has 0 bridgehead atoms. The number of rotatable bonds is 3. The molecule has 0 aromatic rings. The molecule has 0 unspecified atom stereocenters. The summed E-state index contributed by atoms with van der Waals surface area (Å²) in [5, 5.41) is 0. The highest BCUT2D eigenvalue weighted by molar-refractivity contribution is 14.1. The van der Waals surface area contributed by atoms with E-state index in [4.69, 9.17) is 0 Å². The summed E-state index contributed by atoms with van der Waals surface area (Å²) >= 11 is 2.24. The van der Waals surface area contributed by atoms with Crippen LogP contribution in [0.25, 0.3) is 0 Å². The molecule has 2 heteroatoms. The van der Waals surface area contributed by atoms with E-state index in [1.54, 1.807) is 6.20 Å². The van der Waals surface area contributed by atoms with Crippen molar-refractivity contribution < 1.29 is 0 Å². The van der Waals surface area contributed by atoms with Crippen molar-refractivity contribution in [3.8, 4) is 0 Å². The molecule has 0 aromatic heterocycles. The maximum Gasteiger partial charge on any atom is 0.0263 e. The Balaban J connectivity index is 3.52. The molecule has 0 heterocycles. The Hall–Kier alpha value is -0.120. The number of aliphatic imine (C=N–C) groups is 1. The molecule has 0 spiro atoms. The quantitative estimate of drug-likeness (QED) is 0.300. The molecule has 0 rings (SSSR count). The molecule has 44 valence electrons. The summed E-state index contributed by atoms with van der Waals surface area (Å²) in [6, 6.07) is 0. The van der Waals surface area contributed by atoms with Gasteiger partial charge in [-0.2, -0.15) is 0 Å². The lowest BCUT2D eigenvalue weighted by Crippen LogP contribution is -1.70. The molecule has 0 aliphatic carbocycles. The van der Waals surface area contributed by atoms with E-state index in [2.05, 4.69) is 40.9 Å². The summed E-state index contributed by atoms with van der Waals surface area (Å²) in [6.45, 7) is 7.02. The van der Waals surface area contributed by atoms with Crippen molar-refractivity contribution in [2.45, 2.75) is 0 Å². The lowest BCUT2D eigenvalue weighted by Gasteiger charge is -1.84. The average molecular weight is 221 g/mol. The minimum absolute atomic E-state index is 0.948. The third-order valence-corrected chi connectivity index (χ3v) is 1.57. The second-order valence-corrected chi connectivity index (χ2v) is 2.05. The van der Waals surface area contributed by atoms with Gasteiger partial charge in [-0.3, -0.25) is 4.99 Å². The Bertz CT molecular complexity index is 116. The van der Waals surface area contributed by atoms with E-state index >= 15 is 0 Å². The van der Waals surface area contributed by atoms with Crippen LogP contribution in [0.4, 0.5) is 0 Å². The Kier molecular flexibility index (Phi) is 4.95. The van der Waals surface area contributed by atoms with Crippen LogP contribution in [-0.2, 0) is 0 Å². The normalized spacial score (nSPS) is 9.62. The Morgan fingerprint density at radius 1 is 1.75 bits per heavy atom. The fourth-order valence-electron chi connectivity index (χ4n) is 0.203. The molecule has 0 fully saturated rings. The summed E-state index contributed by atoms with van der Waals surface area (Å²) in [5.41, 5.74) is 1.07. The maximum absolute atomic E-state index is 3.73. The minimum atomic E-state index is 0.948. The topological polar surface area (TPSA) is 12.4 Å².